The number of aryl methyl sites for hydroxylation is 2. The lowest BCUT2D eigenvalue weighted by Gasteiger charge is -2.58. The van der Waals surface area contributed by atoms with Crippen molar-refractivity contribution in [2.75, 3.05) is 44.2 Å². The molecule has 4 saturated carbocycles. The van der Waals surface area contributed by atoms with Crippen molar-refractivity contribution in [3.63, 3.8) is 0 Å². The van der Waals surface area contributed by atoms with Gasteiger partial charge in [0.1, 0.15) is 5.84 Å². The average molecular weight is 519 g/mol. The van der Waals surface area contributed by atoms with Crippen LogP contribution in [0.15, 0.2) is 23.2 Å². The topological polar surface area (TPSA) is 95.2 Å². The fourth-order valence-corrected chi connectivity index (χ4v) is 8.46. The number of piperidine rings is 1. The summed E-state index contributed by atoms with van der Waals surface area (Å²) < 4.78 is 0. The van der Waals surface area contributed by atoms with Crippen LogP contribution < -0.4 is 10.2 Å². The summed E-state index contributed by atoms with van der Waals surface area (Å²) in [6, 6.07) is 6.71. The Labute approximate surface area is 226 Å². The van der Waals surface area contributed by atoms with Gasteiger partial charge in [-0.05, 0) is 93.7 Å². The predicted molar refractivity (Wildman–Crippen MR) is 148 cm³/mol. The van der Waals surface area contributed by atoms with Crippen LogP contribution in [0.4, 0.5) is 10.5 Å². The van der Waals surface area contributed by atoms with Crippen molar-refractivity contribution in [3.05, 3.63) is 29.3 Å². The Morgan fingerprint density at radius 1 is 1.08 bits per heavy atom. The van der Waals surface area contributed by atoms with Gasteiger partial charge in [-0.3, -0.25) is 10.3 Å². The van der Waals surface area contributed by atoms with Gasteiger partial charge in [-0.2, -0.15) is 5.26 Å². The number of nitrogens with zero attached hydrogens (tertiary/aromatic N) is 5. The molecule has 0 spiro atoms. The first kappa shape index (κ1) is 25.5. The molecule has 1 aromatic rings. The number of amides is 2. The molecule has 0 radical (unpaired) electrons. The third-order valence-corrected chi connectivity index (χ3v) is 10.1. The molecule has 8 heteroatoms. The van der Waals surface area contributed by atoms with Crippen LogP contribution in [-0.4, -0.2) is 78.2 Å². The van der Waals surface area contributed by atoms with Gasteiger partial charge in [0.25, 0.3) is 0 Å². The number of hydrogen-bond acceptors (Lipinski definition) is 5. The Kier molecular flexibility index (Phi) is 6.75. The molecule has 0 aromatic heterocycles. The fourth-order valence-electron chi connectivity index (χ4n) is 8.46. The van der Waals surface area contributed by atoms with Crippen molar-refractivity contribution in [1.29, 1.82) is 5.26 Å². The minimum Gasteiger partial charge on any atom is -0.393 e. The fraction of sp³-hybridized carbons (Fsp3) is 0.700. The maximum Gasteiger partial charge on any atom is 0.320 e. The Morgan fingerprint density at radius 3 is 2.53 bits per heavy atom. The smallest absolute Gasteiger partial charge is 0.320 e. The minimum absolute atomic E-state index is 0.0118. The number of amidine groups is 1. The summed E-state index contributed by atoms with van der Waals surface area (Å²) in [5.74, 6) is 2.12. The Morgan fingerprint density at radius 2 is 1.82 bits per heavy atom. The van der Waals surface area contributed by atoms with Crippen molar-refractivity contribution in [2.45, 2.75) is 70.9 Å². The highest BCUT2D eigenvalue weighted by Crippen LogP contribution is 2.60. The summed E-state index contributed by atoms with van der Waals surface area (Å²) in [7, 11) is 0. The maximum absolute atomic E-state index is 13.5. The number of benzene rings is 1. The predicted octanol–water partition coefficient (Wildman–Crippen LogP) is 3.67. The first-order valence-corrected chi connectivity index (χ1v) is 14.6. The van der Waals surface area contributed by atoms with Gasteiger partial charge in [-0.25, -0.2) is 4.79 Å². The highest BCUT2D eigenvalue weighted by molar-refractivity contribution is 5.90. The van der Waals surface area contributed by atoms with E-state index in [0.717, 1.165) is 83.5 Å². The number of urea groups is 1. The van der Waals surface area contributed by atoms with E-state index in [1.165, 1.54) is 16.8 Å². The van der Waals surface area contributed by atoms with Gasteiger partial charge in [0.05, 0.1) is 12.1 Å². The van der Waals surface area contributed by atoms with Gasteiger partial charge < -0.3 is 19.8 Å². The normalized spacial score (nSPS) is 34.8. The number of carbonyl (C=O) groups is 1. The third-order valence-electron chi connectivity index (χ3n) is 10.1. The summed E-state index contributed by atoms with van der Waals surface area (Å²) in [6.45, 7) is 8.82. The second-order valence-corrected chi connectivity index (χ2v) is 12.7. The number of rotatable bonds is 3. The lowest BCUT2D eigenvalue weighted by molar-refractivity contribution is -0.111. The van der Waals surface area contributed by atoms with E-state index in [9.17, 15) is 15.2 Å². The molecule has 8 nitrogen and oxygen atoms in total. The van der Waals surface area contributed by atoms with Gasteiger partial charge in [-0.1, -0.05) is 12.1 Å². The molecule has 2 heterocycles. The highest BCUT2D eigenvalue weighted by atomic mass is 16.3. The van der Waals surface area contributed by atoms with Crippen molar-refractivity contribution in [1.82, 2.24) is 15.1 Å². The number of aliphatic hydroxyl groups excluding tert-OH is 1. The van der Waals surface area contributed by atoms with Gasteiger partial charge in [0.15, 0.2) is 6.19 Å². The van der Waals surface area contributed by atoms with Crippen molar-refractivity contribution in [3.8, 4) is 6.19 Å². The Bertz CT molecular complexity index is 1120. The summed E-state index contributed by atoms with van der Waals surface area (Å²) >= 11 is 0. The first-order valence-electron chi connectivity index (χ1n) is 14.6. The zero-order valence-electron chi connectivity index (χ0n) is 22.9. The van der Waals surface area contributed by atoms with E-state index >= 15 is 0 Å². The zero-order chi connectivity index (χ0) is 26.4. The van der Waals surface area contributed by atoms with E-state index < -0.39 is 0 Å². The number of anilines is 1. The van der Waals surface area contributed by atoms with E-state index in [4.69, 9.17) is 4.99 Å². The zero-order valence-corrected chi connectivity index (χ0v) is 22.9. The molecule has 4 aliphatic carbocycles. The van der Waals surface area contributed by atoms with Crippen LogP contribution >= 0.6 is 0 Å². The molecule has 38 heavy (non-hydrogen) atoms. The molecule has 6 aliphatic rings. The largest absolute Gasteiger partial charge is 0.393 e. The molecule has 2 saturated heterocycles. The average Bonchev–Trinajstić information content (AvgIpc) is 2.92. The Hall–Kier alpha value is -2.79. The number of piperazine rings is 1. The molecular weight excluding hydrogens is 476 g/mol. The van der Waals surface area contributed by atoms with Crippen LogP contribution in [0.3, 0.4) is 0 Å². The van der Waals surface area contributed by atoms with E-state index in [-0.39, 0.29) is 23.6 Å². The maximum atomic E-state index is 13.5. The number of likely N-dealkylation sites (tertiary alicyclic amines) is 1. The van der Waals surface area contributed by atoms with E-state index in [1.807, 2.05) is 9.80 Å². The van der Waals surface area contributed by atoms with Gasteiger partial charge in [0, 0.05) is 50.4 Å². The summed E-state index contributed by atoms with van der Waals surface area (Å²) in [6.07, 6.45) is 8.99. The number of aliphatic hydroxyl groups is 1. The van der Waals surface area contributed by atoms with E-state index in [0.29, 0.717) is 24.3 Å². The molecular formula is C30H42N6O2. The molecule has 204 valence electrons. The lowest BCUT2D eigenvalue weighted by Crippen LogP contribution is -2.58. The van der Waals surface area contributed by atoms with Crippen LogP contribution in [-0.2, 0) is 0 Å². The number of nitriles is 1. The molecule has 4 bridgehead atoms. The SMILES string of the molecule is Cc1ccc(C)c(N2CCN(C(=O)N3CCCC(N=C(NC#N)C45CC6CC(C4)C(O)C(C6)C5)C3)CC2)c1. The van der Waals surface area contributed by atoms with Crippen LogP contribution in [0.2, 0.25) is 0 Å². The molecule has 3 unspecified atom stereocenters. The van der Waals surface area contributed by atoms with Gasteiger partial charge in [0.2, 0.25) is 0 Å². The number of carbonyl (C=O) groups excluding carboxylic acids is 1. The molecule has 2 aliphatic heterocycles. The van der Waals surface area contributed by atoms with Crippen LogP contribution in [0.1, 0.15) is 56.1 Å². The first-order chi connectivity index (χ1) is 18.3. The minimum atomic E-state index is -0.193. The van der Waals surface area contributed by atoms with Crippen LogP contribution in [0.5, 0.6) is 0 Å². The molecule has 7 rings (SSSR count). The quantitative estimate of drug-likeness (QED) is 0.276. The van der Waals surface area contributed by atoms with Crippen LogP contribution in [0, 0.1) is 48.5 Å². The van der Waals surface area contributed by atoms with Gasteiger partial charge in [-0.15, -0.1) is 0 Å². The highest BCUT2D eigenvalue weighted by Gasteiger charge is 2.57. The number of nitrogens with one attached hydrogen (secondary N) is 1. The second-order valence-electron chi connectivity index (χ2n) is 12.7. The molecule has 2 N–H and O–H groups in total. The molecule has 3 atom stereocenters. The second kappa shape index (κ2) is 10.1. The Balaban J connectivity index is 1.11. The molecule has 6 fully saturated rings. The van der Waals surface area contributed by atoms with E-state index in [2.05, 4.69) is 48.5 Å². The molecule has 1 aromatic carbocycles. The summed E-state index contributed by atoms with van der Waals surface area (Å²) in [5, 5.41) is 23.3. The monoisotopic (exact) mass is 518 g/mol. The third kappa shape index (κ3) is 4.64. The van der Waals surface area contributed by atoms with Crippen molar-refractivity contribution < 1.29 is 9.90 Å². The lowest BCUT2D eigenvalue weighted by atomic mass is 9.48. The summed E-state index contributed by atoms with van der Waals surface area (Å²) in [5.41, 5.74) is 3.71. The summed E-state index contributed by atoms with van der Waals surface area (Å²) in [4.78, 5) is 25.1. The molecule has 2 amide bonds. The van der Waals surface area contributed by atoms with Crippen molar-refractivity contribution in [2.24, 2.45) is 28.2 Å². The van der Waals surface area contributed by atoms with Gasteiger partial charge >= 0.3 is 6.03 Å². The number of aliphatic imine (C=N–C) groups is 1. The van der Waals surface area contributed by atoms with E-state index in [1.54, 1.807) is 0 Å². The number of hydrogen-bond donors (Lipinski definition) is 2. The van der Waals surface area contributed by atoms with Crippen LogP contribution in [0.25, 0.3) is 0 Å². The standard InChI is InChI=1S/C30H42N6O2/c1-20-5-6-21(2)26(12-20)34-8-10-35(11-9-34)29(38)36-7-3-4-25(18-36)33-28(32-19-31)30-15-22-13-23(16-30)27(37)24(14-22)17-30/h5-6,12,22-25,27,37H,3-4,7-11,13-18H2,1-2H3,(H,32,33). The van der Waals surface area contributed by atoms with Crippen molar-refractivity contribution >= 4 is 17.6 Å².